The molecule has 0 bridgehead atoms. The summed E-state index contributed by atoms with van der Waals surface area (Å²) in [6.07, 6.45) is -5.67. The minimum atomic E-state index is -4.53. The fourth-order valence-corrected chi connectivity index (χ4v) is 1.43. The zero-order valence-corrected chi connectivity index (χ0v) is 9.45. The van der Waals surface area contributed by atoms with Crippen molar-refractivity contribution < 1.29 is 23.0 Å². The first-order valence-electron chi connectivity index (χ1n) is 4.96. The molecule has 3 nitrogen and oxygen atoms in total. The first-order chi connectivity index (χ1) is 7.77. The highest BCUT2D eigenvalue weighted by Gasteiger charge is 2.35. The number of hydrogen-bond acceptors (Lipinski definition) is 3. The number of benzene rings is 1. The van der Waals surface area contributed by atoms with Crippen LogP contribution in [0.5, 0.6) is 5.75 Å². The van der Waals surface area contributed by atoms with Crippen LogP contribution in [0.2, 0.25) is 0 Å². The lowest BCUT2D eigenvalue weighted by molar-refractivity contribution is -0.138. The van der Waals surface area contributed by atoms with Gasteiger partial charge in [0.1, 0.15) is 5.75 Å². The van der Waals surface area contributed by atoms with Crippen LogP contribution in [0.15, 0.2) is 18.2 Å². The average Bonchev–Trinajstić information content (AvgIpc) is 2.25. The van der Waals surface area contributed by atoms with Crippen molar-refractivity contribution in [2.45, 2.75) is 25.2 Å². The number of rotatable bonds is 3. The molecule has 0 fully saturated rings. The molecule has 0 aliphatic rings. The highest BCUT2D eigenvalue weighted by Crippen LogP contribution is 2.37. The minimum absolute atomic E-state index is 0.119. The standard InChI is InChI=1S/C11H14F3NO2/c1-6(15)10(16)7-3-4-9(17-2)8(5-7)11(12,13)14/h3-6,10,16H,15H2,1-2H3/t6-,10-/m0/s1. The van der Waals surface area contributed by atoms with Crippen molar-refractivity contribution >= 4 is 0 Å². The van der Waals surface area contributed by atoms with Gasteiger partial charge in [-0.2, -0.15) is 13.2 Å². The normalized spacial score (nSPS) is 15.5. The van der Waals surface area contributed by atoms with Crippen LogP contribution in [0.25, 0.3) is 0 Å². The molecule has 1 aromatic rings. The van der Waals surface area contributed by atoms with Crippen LogP contribution in [-0.2, 0) is 6.18 Å². The molecule has 2 atom stereocenters. The van der Waals surface area contributed by atoms with Crippen LogP contribution in [0.1, 0.15) is 24.2 Å². The van der Waals surface area contributed by atoms with Gasteiger partial charge in [-0.05, 0) is 24.6 Å². The summed E-state index contributed by atoms with van der Waals surface area (Å²) in [6.45, 7) is 1.52. The highest BCUT2D eigenvalue weighted by molar-refractivity contribution is 5.40. The van der Waals surface area contributed by atoms with E-state index in [1.165, 1.54) is 19.1 Å². The Hall–Kier alpha value is -1.27. The number of alkyl halides is 3. The molecule has 1 aromatic carbocycles. The van der Waals surface area contributed by atoms with Crippen LogP contribution in [-0.4, -0.2) is 18.3 Å². The van der Waals surface area contributed by atoms with Gasteiger partial charge in [0.15, 0.2) is 0 Å². The van der Waals surface area contributed by atoms with Gasteiger partial charge in [-0.25, -0.2) is 0 Å². The Morgan fingerprint density at radius 2 is 1.94 bits per heavy atom. The van der Waals surface area contributed by atoms with E-state index in [-0.39, 0.29) is 11.3 Å². The quantitative estimate of drug-likeness (QED) is 0.862. The Morgan fingerprint density at radius 1 is 1.35 bits per heavy atom. The number of methoxy groups -OCH3 is 1. The van der Waals surface area contributed by atoms with Gasteiger partial charge < -0.3 is 15.6 Å². The van der Waals surface area contributed by atoms with Crippen LogP contribution < -0.4 is 10.5 Å². The molecule has 0 aliphatic carbocycles. The molecule has 0 heterocycles. The molecule has 0 saturated heterocycles. The Kier molecular flexibility index (Phi) is 4.00. The minimum Gasteiger partial charge on any atom is -0.496 e. The smallest absolute Gasteiger partial charge is 0.419 e. The van der Waals surface area contributed by atoms with E-state index >= 15 is 0 Å². The highest BCUT2D eigenvalue weighted by atomic mass is 19.4. The zero-order valence-electron chi connectivity index (χ0n) is 9.45. The van der Waals surface area contributed by atoms with Gasteiger partial charge in [0.05, 0.1) is 18.8 Å². The fraction of sp³-hybridized carbons (Fsp3) is 0.455. The summed E-state index contributed by atoms with van der Waals surface area (Å²) in [6, 6.07) is 2.74. The number of ether oxygens (including phenoxy) is 1. The van der Waals surface area contributed by atoms with Gasteiger partial charge in [-0.1, -0.05) is 6.07 Å². The van der Waals surface area contributed by atoms with E-state index in [0.717, 1.165) is 13.2 Å². The maximum atomic E-state index is 12.7. The van der Waals surface area contributed by atoms with Crippen molar-refractivity contribution in [3.8, 4) is 5.75 Å². The van der Waals surface area contributed by atoms with Crippen molar-refractivity contribution in [2.24, 2.45) is 5.73 Å². The third kappa shape index (κ3) is 3.10. The van der Waals surface area contributed by atoms with Crippen LogP contribution in [0.3, 0.4) is 0 Å². The van der Waals surface area contributed by atoms with Crippen molar-refractivity contribution in [3.05, 3.63) is 29.3 Å². The molecule has 0 aromatic heterocycles. The van der Waals surface area contributed by atoms with E-state index in [2.05, 4.69) is 4.74 Å². The first-order valence-corrected chi connectivity index (χ1v) is 4.96. The lowest BCUT2D eigenvalue weighted by Gasteiger charge is -2.18. The topological polar surface area (TPSA) is 55.5 Å². The maximum absolute atomic E-state index is 12.7. The molecule has 0 spiro atoms. The van der Waals surface area contributed by atoms with E-state index in [9.17, 15) is 18.3 Å². The zero-order chi connectivity index (χ0) is 13.2. The van der Waals surface area contributed by atoms with Crippen molar-refractivity contribution in [1.29, 1.82) is 0 Å². The maximum Gasteiger partial charge on any atom is 0.419 e. The number of nitrogens with two attached hydrogens (primary N) is 1. The van der Waals surface area contributed by atoms with Crippen LogP contribution in [0, 0.1) is 0 Å². The second-order valence-electron chi connectivity index (χ2n) is 3.76. The summed E-state index contributed by atoms with van der Waals surface area (Å²) in [5, 5.41) is 9.62. The summed E-state index contributed by atoms with van der Waals surface area (Å²) in [5.41, 5.74) is 4.63. The van der Waals surface area contributed by atoms with E-state index in [4.69, 9.17) is 5.73 Å². The molecule has 0 amide bonds. The van der Waals surface area contributed by atoms with Gasteiger partial charge in [0.2, 0.25) is 0 Å². The van der Waals surface area contributed by atoms with Crippen LogP contribution >= 0.6 is 0 Å². The monoisotopic (exact) mass is 249 g/mol. The molecule has 0 radical (unpaired) electrons. The third-order valence-corrected chi connectivity index (χ3v) is 2.37. The Bertz CT molecular complexity index is 391. The van der Waals surface area contributed by atoms with Gasteiger partial charge >= 0.3 is 6.18 Å². The van der Waals surface area contributed by atoms with Crippen LogP contribution in [0.4, 0.5) is 13.2 Å². The van der Waals surface area contributed by atoms with Gasteiger partial charge in [0.25, 0.3) is 0 Å². The fourth-order valence-electron chi connectivity index (χ4n) is 1.43. The molecule has 3 N–H and O–H groups in total. The lowest BCUT2D eigenvalue weighted by atomic mass is 10.0. The summed E-state index contributed by atoms with van der Waals surface area (Å²) < 4.78 is 42.7. The summed E-state index contributed by atoms with van der Waals surface area (Å²) >= 11 is 0. The third-order valence-electron chi connectivity index (χ3n) is 2.37. The van der Waals surface area contributed by atoms with Gasteiger partial charge in [-0.3, -0.25) is 0 Å². The molecule has 1 rings (SSSR count). The Morgan fingerprint density at radius 3 is 2.35 bits per heavy atom. The number of aliphatic hydroxyl groups excluding tert-OH is 1. The molecular weight excluding hydrogens is 235 g/mol. The van der Waals surface area contributed by atoms with E-state index in [0.29, 0.717) is 0 Å². The molecule has 0 aliphatic heterocycles. The second kappa shape index (κ2) is 4.93. The molecule has 6 heteroatoms. The molecule has 0 saturated carbocycles. The largest absolute Gasteiger partial charge is 0.496 e. The second-order valence-corrected chi connectivity index (χ2v) is 3.76. The number of hydrogen-bond donors (Lipinski definition) is 2. The van der Waals surface area contributed by atoms with Crippen molar-refractivity contribution in [2.75, 3.05) is 7.11 Å². The number of aliphatic hydroxyl groups is 1. The summed E-state index contributed by atoms with van der Waals surface area (Å²) in [7, 11) is 1.16. The van der Waals surface area contributed by atoms with E-state index in [1.807, 2.05) is 0 Å². The van der Waals surface area contributed by atoms with Gasteiger partial charge in [-0.15, -0.1) is 0 Å². The average molecular weight is 249 g/mol. The summed E-state index contributed by atoms with van der Waals surface area (Å²) in [4.78, 5) is 0. The molecule has 0 unspecified atom stereocenters. The first kappa shape index (κ1) is 13.8. The van der Waals surface area contributed by atoms with E-state index < -0.39 is 23.9 Å². The Balaban J connectivity index is 3.23. The number of halogens is 3. The predicted molar refractivity (Wildman–Crippen MR) is 56.6 cm³/mol. The van der Waals surface area contributed by atoms with Gasteiger partial charge in [0, 0.05) is 6.04 Å². The molecular formula is C11H14F3NO2. The SMILES string of the molecule is COc1ccc([C@@H](O)[C@H](C)N)cc1C(F)(F)F. The lowest BCUT2D eigenvalue weighted by Crippen LogP contribution is -2.24. The molecule has 96 valence electrons. The van der Waals surface area contributed by atoms with Crippen molar-refractivity contribution in [3.63, 3.8) is 0 Å². The van der Waals surface area contributed by atoms with E-state index in [1.54, 1.807) is 0 Å². The molecule has 17 heavy (non-hydrogen) atoms. The van der Waals surface area contributed by atoms with Crippen molar-refractivity contribution in [1.82, 2.24) is 0 Å². The predicted octanol–water partition coefficient (Wildman–Crippen LogP) is 2.09. The summed E-state index contributed by atoms with van der Waals surface area (Å²) in [5.74, 6) is -0.280. The Labute approximate surface area is 97.0 Å².